The Bertz CT molecular complexity index is 939. The maximum Gasteiger partial charge on any atom is 0.222 e. The Kier molecular flexibility index (Phi) is 4.82. The zero-order valence-electron chi connectivity index (χ0n) is 15.1. The minimum absolute atomic E-state index is 0.252. The number of likely N-dealkylation sites (tertiary alicyclic amines) is 1. The van der Waals surface area contributed by atoms with E-state index in [2.05, 4.69) is 30.2 Å². The molecule has 1 saturated heterocycles. The van der Waals surface area contributed by atoms with E-state index in [4.69, 9.17) is 4.74 Å². The fourth-order valence-electron chi connectivity index (χ4n) is 3.14. The summed E-state index contributed by atoms with van der Waals surface area (Å²) in [6.45, 7) is 2.33. The molecule has 27 heavy (non-hydrogen) atoms. The molecule has 140 valence electrons. The van der Waals surface area contributed by atoms with Gasteiger partial charge in [0.2, 0.25) is 11.8 Å². The number of pyridine rings is 1. The molecule has 0 unspecified atom stereocenters. The second kappa shape index (κ2) is 7.56. The van der Waals surface area contributed by atoms with Gasteiger partial charge in [-0.05, 0) is 18.9 Å². The van der Waals surface area contributed by atoms with Crippen molar-refractivity contribution in [3.8, 4) is 17.3 Å². The average Bonchev–Trinajstić information content (AvgIpc) is 3.34. The molecule has 2 N–H and O–H groups in total. The van der Waals surface area contributed by atoms with E-state index in [1.54, 1.807) is 25.7 Å². The van der Waals surface area contributed by atoms with Crippen LogP contribution < -0.4 is 10.1 Å². The van der Waals surface area contributed by atoms with Gasteiger partial charge in [0.25, 0.3) is 0 Å². The number of hydrogen-bond acceptors (Lipinski definition) is 7. The summed E-state index contributed by atoms with van der Waals surface area (Å²) in [7, 11) is 1.58. The van der Waals surface area contributed by atoms with Crippen molar-refractivity contribution >= 4 is 22.9 Å². The highest BCUT2D eigenvalue weighted by Gasteiger charge is 2.19. The maximum atomic E-state index is 11.7. The molecule has 0 spiro atoms. The number of anilines is 1. The average molecular weight is 367 g/mol. The number of aromatic nitrogens is 5. The number of methoxy groups -OCH3 is 1. The van der Waals surface area contributed by atoms with Gasteiger partial charge in [-0.1, -0.05) is 0 Å². The van der Waals surface area contributed by atoms with Crippen LogP contribution in [0, 0.1) is 0 Å². The Morgan fingerprint density at radius 2 is 2.22 bits per heavy atom. The van der Waals surface area contributed by atoms with Gasteiger partial charge in [-0.15, -0.1) is 0 Å². The molecule has 9 nitrogen and oxygen atoms in total. The highest BCUT2D eigenvalue weighted by atomic mass is 16.5. The number of ether oxygens (including phenoxy) is 1. The molecule has 1 amide bonds. The predicted octanol–water partition coefficient (Wildman–Crippen LogP) is 1.85. The monoisotopic (exact) mass is 367 g/mol. The fourth-order valence-corrected chi connectivity index (χ4v) is 3.14. The molecule has 0 radical (unpaired) electrons. The van der Waals surface area contributed by atoms with E-state index in [1.165, 1.54) is 0 Å². The molecule has 9 heteroatoms. The van der Waals surface area contributed by atoms with Gasteiger partial charge in [-0.25, -0.2) is 19.9 Å². The molecule has 1 fully saturated rings. The van der Waals surface area contributed by atoms with Gasteiger partial charge < -0.3 is 19.9 Å². The summed E-state index contributed by atoms with van der Waals surface area (Å²) < 4.78 is 5.09. The smallest absolute Gasteiger partial charge is 0.222 e. The van der Waals surface area contributed by atoms with Crippen molar-refractivity contribution in [1.82, 2.24) is 29.8 Å². The summed E-state index contributed by atoms with van der Waals surface area (Å²) in [4.78, 5) is 34.3. The summed E-state index contributed by atoms with van der Waals surface area (Å²) >= 11 is 0. The highest BCUT2D eigenvalue weighted by molar-refractivity contribution is 5.84. The maximum absolute atomic E-state index is 11.7. The van der Waals surface area contributed by atoms with Gasteiger partial charge in [0.15, 0.2) is 17.3 Å². The Morgan fingerprint density at radius 1 is 1.30 bits per heavy atom. The largest absolute Gasteiger partial charge is 0.481 e. The third-order valence-electron chi connectivity index (χ3n) is 4.56. The SMILES string of the molecule is COc1ccc(-c2nc(NCCCN3CCCC3=O)c3[nH]cnc3n2)cn1. The normalized spacial score (nSPS) is 14.1. The second-order valence-electron chi connectivity index (χ2n) is 6.35. The standard InChI is InChI=1S/C18H21N7O2/c1-27-13-6-5-12(10-20-13)16-23-17(15-18(24-16)22-11-21-15)19-7-3-9-25-8-2-4-14(25)26/h5-6,10-11H,2-4,7-9H2,1H3,(H2,19,21,22,23,24). The second-order valence-corrected chi connectivity index (χ2v) is 6.35. The third kappa shape index (κ3) is 3.67. The van der Waals surface area contributed by atoms with Crippen LogP contribution in [0.3, 0.4) is 0 Å². The molecule has 4 rings (SSSR count). The van der Waals surface area contributed by atoms with Crippen LogP contribution in [0.5, 0.6) is 5.88 Å². The molecule has 0 bridgehead atoms. The highest BCUT2D eigenvalue weighted by Crippen LogP contribution is 2.23. The molecule has 3 aromatic rings. The number of carbonyl (C=O) groups excluding carboxylic acids is 1. The molecule has 4 heterocycles. The fraction of sp³-hybridized carbons (Fsp3) is 0.389. The van der Waals surface area contributed by atoms with Crippen molar-refractivity contribution in [2.24, 2.45) is 0 Å². The first-order valence-electron chi connectivity index (χ1n) is 8.98. The van der Waals surface area contributed by atoms with Crippen molar-refractivity contribution in [3.63, 3.8) is 0 Å². The van der Waals surface area contributed by atoms with Gasteiger partial charge >= 0.3 is 0 Å². The molecule has 1 aliphatic rings. The number of rotatable bonds is 7. The molecule has 3 aromatic heterocycles. The Balaban J connectivity index is 1.49. The zero-order chi connectivity index (χ0) is 18.6. The lowest BCUT2D eigenvalue weighted by Gasteiger charge is -2.15. The minimum Gasteiger partial charge on any atom is -0.481 e. The lowest BCUT2D eigenvalue weighted by atomic mass is 10.2. The number of fused-ring (bicyclic) bond motifs is 1. The van der Waals surface area contributed by atoms with Crippen LogP contribution in [0.2, 0.25) is 0 Å². The van der Waals surface area contributed by atoms with Gasteiger partial charge in [0.05, 0.1) is 13.4 Å². The zero-order valence-corrected chi connectivity index (χ0v) is 15.1. The number of carbonyl (C=O) groups is 1. The van der Waals surface area contributed by atoms with Gasteiger partial charge in [0.1, 0.15) is 5.52 Å². The number of hydrogen-bond donors (Lipinski definition) is 2. The van der Waals surface area contributed by atoms with E-state index >= 15 is 0 Å². The number of H-pyrrole nitrogens is 1. The van der Waals surface area contributed by atoms with Crippen LogP contribution in [0.15, 0.2) is 24.7 Å². The van der Waals surface area contributed by atoms with Crippen LogP contribution in [0.4, 0.5) is 5.82 Å². The number of aromatic amines is 1. The third-order valence-corrected chi connectivity index (χ3v) is 4.56. The Labute approximate surface area is 156 Å². The molecule has 0 atom stereocenters. The lowest BCUT2D eigenvalue weighted by Crippen LogP contribution is -2.27. The summed E-state index contributed by atoms with van der Waals surface area (Å²) in [5, 5.41) is 3.34. The molecule has 0 aliphatic carbocycles. The van der Waals surface area contributed by atoms with Crippen molar-refractivity contribution in [2.45, 2.75) is 19.3 Å². The predicted molar refractivity (Wildman–Crippen MR) is 100 cm³/mol. The van der Waals surface area contributed by atoms with Gasteiger partial charge in [-0.2, -0.15) is 0 Å². The van der Waals surface area contributed by atoms with Crippen LogP contribution in [0.1, 0.15) is 19.3 Å². The summed E-state index contributed by atoms with van der Waals surface area (Å²) in [5.74, 6) is 2.02. The number of nitrogens with one attached hydrogen (secondary N) is 2. The van der Waals surface area contributed by atoms with E-state index in [9.17, 15) is 4.79 Å². The summed E-state index contributed by atoms with van der Waals surface area (Å²) in [6.07, 6.45) is 5.77. The van der Waals surface area contributed by atoms with E-state index in [1.807, 2.05) is 11.0 Å². The van der Waals surface area contributed by atoms with Crippen molar-refractivity contribution < 1.29 is 9.53 Å². The number of amides is 1. The first-order chi connectivity index (χ1) is 13.2. The van der Waals surface area contributed by atoms with Gasteiger partial charge in [-0.3, -0.25) is 4.79 Å². The van der Waals surface area contributed by atoms with E-state index in [0.29, 0.717) is 36.1 Å². The molecule has 1 aliphatic heterocycles. The lowest BCUT2D eigenvalue weighted by molar-refractivity contribution is -0.127. The van der Waals surface area contributed by atoms with Crippen LogP contribution in [0.25, 0.3) is 22.6 Å². The first-order valence-corrected chi connectivity index (χ1v) is 8.98. The molecular formula is C18H21N7O2. The summed E-state index contributed by atoms with van der Waals surface area (Å²) in [5.41, 5.74) is 2.14. The quantitative estimate of drug-likeness (QED) is 0.613. The van der Waals surface area contributed by atoms with Gasteiger partial charge in [0, 0.05) is 43.9 Å². The van der Waals surface area contributed by atoms with Crippen LogP contribution in [-0.4, -0.2) is 62.5 Å². The van der Waals surface area contributed by atoms with E-state index < -0.39 is 0 Å². The minimum atomic E-state index is 0.252. The Morgan fingerprint density at radius 3 is 2.96 bits per heavy atom. The van der Waals surface area contributed by atoms with Crippen molar-refractivity contribution in [2.75, 3.05) is 32.1 Å². The van der Waals surface area contributed by atoms with E-state index in [-0.39, 0.29) is 5.91 Å². The first kappa shape index (κ1) is 17.2. The van der Waals surface area contributed by atoms with Crippen LogP contribution >= 0.6 is 0 Å². The Hall–Kier alpha value is -3.23. The van der Waals surface area contributed by atoms with Crippen molar-refractivity contribution in [3.05, 3.63) is 24.7 Å². The topological polar surface area (TPSA) is 109 Å². The van der Waals surface area contributed by atoms with E-state index in [0.717, 1.165) is 37.0 Å². The molecule has 0 saturated carbocycles. The van der Waals surface area contributed by atoms with Crippen LogP contribution in [-0.2, 0) is 4.79 Å². The number of nitrogens with zero attached hydrogens (tertiary/aromatic N) is 5. The number of imidazole rings is 1. The molecular weight excluding hydrogens is 346 g/mol. The summed E-state index contributed by atoms with van der Waals surface area (Å²) in [6, 6.07) is 3.63. The van der Waals surface area contributed by atoms with Crippen molar-refractivity contribution in [1.29, 1.82) is 0 Å². The molecule has 0 aromatic carbocycles.